The van der Waals surface area contributed by atoms with Gasteiger partial charge in [0.15, 0.2) is 0 Å². The highest BCUT2D eigenvalue weighted by atomic mass is 14.9. The van der Waals surface area contributed by atoms with Crippen LogP contribution in [0.25, 0.3) is 0 Å². The Bertz CT molecular complexity index is 250. The van der Waals surface area contributed by atoms with Crippen LogP contribution >= 0.6 is 0 Å². The largest absolute Gasteiger partial charge is 0.310 e. The van der Waals surface area contributed by atoms with Gasteiger partial charge in [-0.3, -0.25) is 4.99 Å². The molecule has 0 radical (unpaired) electrons. The summed E-state index contributed by atoms with van der Waals surface area (Å²) in [5.41, 5.74) is 1.47. The summed E-state index contributed by atoms with van der Waals surface area (Å²) in [6, 6.07) is 0.685. The highest BCUT2D eigenvalue weighted by molar-refractivity contribution is 5.58. The van der Waals surface area contributed by atoms with E-state index in [0.717, 1.165) is 13.0 Å². The van der Waals surface area contributed by atoms with Crippen molar-refractivity contribution < 1.29 is 0 Å². The van der Waals surface area contributed by atoms with Crippen LogP contribution in [0.1, 0.15) is 59.3 Å². The first-order chi connectivity index (χ1) is 8.27. The van der Waals surface area contributed by atoms with Crippen molar-refractivity contribution in [2.45, 2.75) is 65.3 Å². The molecular weight excluding hydrogens is 208 g/mol. The van der Waals surface area contributed by atoms with Crippen LogP contribution in [0.4, 0.5) is 0 Å². The van der Waals surface area contributed by atoms with E-state index in [1.54, 1.807) is 0 Å². The van der Waals surface area contributed by atoms with Gasteiger partial charge in [0.05, 0.1) is 0 Å². The molecule has 0 aromatic carbocycles. The molecule has 1 N–H and O–H groups in total. The molecule has 1 aliphatic rings. The van der Waals surface area contributed by atoms with Crippen molar-refractivity contribution in [2.24, 2.45) is 10.9 Å². The Morgan fingerprint density at radius 1 is 1.35 bits per heavy atom. The zero-order valence-electron chi connectivity index (χ0n) is 11.7. The van der Waals surface area contributed by atoms with Gasteiger partial charge in [-0.25, -0.2) is 0 Å². The van der Waals surface area contributed by atoms with E-state index in [9.17, 15) is 0 Å². The van der Waals surface area contributed by atoms with Gasteiger partial charge in [0.1, 0.15) is 0 Å². The Morgan fingerprint density at radius 2 is 2.06 bits per heavy atom. The molecule has 0 aliphatic carbocycles. The fraction of sp³-hybridized carbons (Fsp3) is 0.800. The second-order valence-corrected chi connectivity index (χ2v) is 5.17. The van der Waals surface area contributed by atoms with Gasteiger partial charge in [0, 0.05) is 25.0 Å². The molecule has 0 amide bonds. The summed E-state index contributed by atoms with van der Waals surface area (Å²) in [6.07, 6.45) is 11.6. The minimum atomic E-state index is 0.675. The van der Waals surface area contributed by atoms with Gasteiger partial charge in [-0.1, -0.05) is 33.6 Å². The summed E-state index contributed by atoms with van der Waals surface area (Å²) in [5, 5.41) is 3.71. The van der Waals surface area contributed by atoms with E-state index in [1.165, 1.54) is 37.7 Å². The molecule has 0 saturated carbocycles. The van der Waals surface area contributed by atoms with E-state index in [1.807, 2.05) is 6.21 Å². The summed E-state index contributed by atoms with van der Waals surface area (Å²) in [6.45, 7) is 7.87. The maximum absolute atomic E-state index is 4.35. The number of hydrogen-bond acceptors (Lipinski definition) is 2. The highest BCUT2D eigenvalue weighted by Gasteiger charge is 2.12. The van der Waals surface area contributed by atoms with Crippen LogP contribution in [0.2, 0.25) is 0 Å². The predicted molar refractivity (Wildman–Crippen MR) is 76.6 cm³/mol. The van der Waals surface area contributed by atoms with Gasteiger partial charge in [0.25, 0.3) is 0 Å². The second kappa shape index (κ2) is 8.46. The average molecular weight is 236 g/mol. The molecule has 0 aromatic rings. The minimum Gasteiger partial charge on any atom is -0.310 e. The maximum atomic E-state index is 4.35. The molecule has 0 fully saturated rings. The van der Waals surface area contributed by atoms with Crippen molar-refractivity contribution in [3.05, 3.63) is 11.8 Å². The third kappa shape index (κ3) is 5.49. The third-order valence-corrected chi connectivity index (χ3v) is 3.58. The SMILES string of the molecule is CCCC(CCC)NCC1=CN=CCCC1C. The molecule has 0 bridgehead atoms. The van der Waals surface area contributed by atoms with Crippen molar-refractivity contribution in [1.29, 1.82) is 0 Å². The zero-order chi connectivity index (χ0) is 12.5. The number of hydrogen-bond donors (Lipinski definition) is 1. The molecule has 1 unspecified atom stereocenters. The lowest BCUT2D eigenvalue weighted by molar-refractivity contribution is 0.448. The summed E-state index contributed by atoms with van der Waals surface area (Å²) >= 11 is 0. The highest BCUT2D eigenvalue weighted by Crippen LogP contribution is 2.18. The average Bonchev–Trinajstić information content (AvgIpc) is 2.52. The molecule has 0 saturated heterocycles. The van der Waals surface area contributed by atoms with E-state index < -0.39 is 0 Å². The van der Waals surface area contributed by atoms with Crippen molar-refractivity contribution in [3.8, 4) is 0 Å². The van der Waals surface area contributed by atoms with Crippen LogP contribution in [0.15, 0.2) is 16.8 Å². The molecule has 1 aliphatic heterocycles. The molecule has 0 aromatic heterocycles. The molecule has 1 heterocycles. The fourth-order valence-corrected chi connectivity index (χ4v) is 2.39. The Hall–Kier alpha value is -0.630. The van der Waals surface area contributed by atoms with Gasteiger partial charge in [-0.2, -0.15) is 0 Å². The lowest BCUT2D eigenvalue weighted by atomic mass is 9.97. The number of nitrogens with zero attached hydrogens (tertiary/aromatic N) is 1. The predicted octanol–water partition coefficient (Wildman–Crippen LogP) is 3.93. The maximum Gasteiger partial charge on any atom is 0.0271 e. The first-order valence-corrected chi connectivity index (χ1v) is 7.21. The van der Waals surface area contributed by atoms with Crippen molar-refractivity contribution in [1.82, 2.24) is 5.32 Å². The van der Waals surface area contributed by atoms with Crippen molar-refractivity contribution in [3.63, 3.8) is 0 Å². The van der Waals surface area contributed by atoms with E-state index >= 15 is 0 Å². The molecule has 1 atom stereocenters. The van der Waals surface area contributed by atoms with Crippen LogP contribution in [0.5, 0.6) is 0 Å². The van der Waals surface area contributed by atoms with Crippen LogP contribution in [0, 0.1) is 5.92 Å². The number of nitrogens with one attached hydrogen (secondary N) is 1. The molecule has 2 nitrogen and oxygen atoms in total. The topological polar surface area (TPSA) is 24.4 Å². The molecule has 98 valence electrons. The van der Waals surface area contributed by atoms with Crippen LogP contribution in [-0.2, 0) is 0 Å². The van der Waals surface area contributed by atoms with Crippen LogP contribution in [-0.4, -0.2) is 18.8 Å². The van der Waals surface area contributed by atoms with Gasteiger partial charge >= 0.3 is 0 Å². The van der Waals surface area contributed by atoms with E-state index in [0.29, 0.717) is 12.0 Å². The first kappa shape index (κ1) is 14.4. The quantitative estimate of drug-likeness (QED) is 0.711. The monoisotopic (exact) mass is 236 g/mol. The molecular formula is C15H28N2. The van der Waals surface area contributed by atoms with Crippen molar-refractivity contribution >= 4 is 6.21 Å². The molecule has 2 heteroatoms. The van der Waals surface area contributed by atoms with E-state index in [2.05, 4.69) is 37.3 Å². The van der Waals surface area contributed by atoms with E-state index in [-0.39, 0.29) is 0 Å². The molecule has 0 spiro atoms. The van der Waals surface area contributed by atoms with Crippen LogP contribution in [0.3, 0.4) is 0 Å². The molecule has 17 heavy (non-hydrogen) atoms. The van der Waals surface area contributed by atoms with Gasteiger partial charge < -0.3 is 5.32 Å². The van der Waals surface area contributed by atoms with Gasteiger partial charge in [-0.05, 0) is 37.2 Å². The summed E-state index contributed by atoms with van der Waals surface area (Å²) in [7, 11) is 0. The summed E-state index contributed by atoms with van der Waals surface area (Å²) in [5.74, 6) is 0.675. The lowest BCUT2D eigenvalue weighted by Crippen LogP contribution is -2.31. The van der Waals surface area contributed by atoms with Crippen molar-refractivity contribution in [2.75, 3.05) is 6.54 Å². The van der Waals surface area contributed by atoms with Gasteiger partial charge in [-0.15, -0.1) is 0 Å². The Morgan fingerprint density at radius 3 is 2.71 bits per heavy atom. The lowest BCUT2D eigenvalue weighted by Gasteiger charge is -2.20. The zero-order valence-corrected chi connectivity index (χ0v) is 11.7. The number of aliphatic imine (C=N–C) groups is 1. The Labute approximate surface area is 107 Å². The summed E-state index contributed by atoms with van der Waals surface area (Å²) in [4.78, 5) is 4.35. The standard InChI is InChI=1S/C15H28N2/c1-4-7-15(8-5-2)17-12-14-11-16-10-6-9-13(14)3/h10-11,13,15,17H,4-9,12H2,1-3H3. The first-order valence-electron chi connectivity index (χ1n) is 7.21. The van der Waals surface area contributed by atoms with E-state index in [4.69, 9.17) is 0 Å². The summed E-state index contributed by atoms with van der Waals surface area (Å²) < 4.78 is 0. The van der Waals surface area contributed by atoms with Gasteiger partial charge in [0.2, 0.25) is 0 Å². The fourth-order valence-electron chi connectivity index (χ4n) is 2.39. The third-order valence-electron chi connectivity index (χ3n) is 3.58. The Kier molecular flexibility index (Phi) is 7.18. The minimum absolute atomic E-state index is 0.675. The number of rotatable bonds is 7. The smallest absolute Gasteiger partial charge is 0.0271 e. The second-order valence-electron chi connectivity index (χ2n) is 5.17. The van der Waals surface area contributed by atoms with Crippen LogP contribution < -0.4 is 5.32 Å². The normalized spacial score (nSPS) is 20.5. The Balaban J connectivity index is 2.40. The molecule has 1 rings (SSSR count).